The lowest BCUT2D eigenvalue weighted by Crippen LogP contribution is -2.36. The number of ether oxygens (including phenoxy) is 1. The molecular weight excluding hydrogens is 400 g/mol. The van der Waals surface area contributed by atoms with E-state index in [1.807, 2.05) is 55.5 Å². The zero-order valence-electron chi connectivity index (χ0n) is 17.3. The Morgan fingerprint density at radius 2 is 1.97 bits per heavy atom. The number of guanidine groups is 1. The van der Waals surface area contributed by atoms with Gasteiger partial charge >= 0.3 is 0 Å². The molecule has 6 nitrogen and oxygen atoms in total. The number of carbonyl (C=O) groups is 1. The topological polar surface area (TPSA) is 74.8 Å². The number of benzene rings is 2. The zero-order chi connectivity index (χ0) is 21.2. The molecule has 2 aromatic rings. The standard InChI is InChI=1S/C23H29ClN4O2/c1-2-25-23(27-14-17-8-10-20(24)11-9-17)28-15-18-5-3-6-19(13-18)22(29)26-16-21-7-4-12-30-21/h3,5-6,8-11,13,21H,2,4,7,12,14-16H2,1H3,(H,26,29)(H2,25,27,28). The summed E-state index contributed by atoms with van der Waals surface area (Å²) in [5.41, 5.74) is 2.73. The van der Waals surface area contributed by atoms with E-state index in [4.69, 9.17) is 16.3 Å². The Bertz CT molecular complexity index is 849. The van der Waals surface area contributed by atoms with E-state index in [1.54, 1.807) is 0 Å². The predicted octanol–water partition coefficient (Wildman–Crippen LogP) is 3.50. The maximum Gasteiger partial charge on any atom is 0.251 e. The van der Waals surface area contributed by atoms with Crippen molar-refractivity contribution in [3.05, 3.63) is 70.2 Å². The summed E-state index contributed by atoms with van der Waals surface area (Å²) in [5.74, 6) is 0.643. The summed E-state index contributed by atoms with van der Waals surface area (Å²) >= 11 is 5.94. The summed E-state index contributed by atoms with van der Waals surface area (Å²) in [6.45, 7) is 5.25. The van der Waals surface area contributed by atoms with E-state index in [9.17, 15) is 4.79 Å². The minimum atomic E-state index is -0.0795. The number of halogens is 1. The number of hydrogen-bond acceptors (Lipinski definition) is 3. The van der Waals surface area contributed by atoms with Crippen LogP contribution in [0.2, 0.25) is 5.02 Å². The van der Waals surface area contributed by atoms with E-state index in [2.05, 4.69) is 20.9 Å². The maximum absolute atomic E-state index is 12.4. The summed E-state index contributed by atoms with van der Waals surface area (Å²) in [7, 11) is 0. The monoisotopic (exact) mass is 428 g/mol. The van der Waals surface area contributed by atoms with Crippen molar-refractivity contribution in [2.75, 3.05) is 19.7 Å². The van der Waals surface area contributed by atoms with Crippen LogP contribution in [0, 0.1) is 0 Å². The van der Waals surface area contributed by atoms with Crippen molar-refractivity contribution >= 4 is 23.5 Å². The molecule has 1 saturated heterocycles. The number of amides is 1. The Labute approximate surface area is 183 Å². The fourth-order valence-corrected chi connectivity index (χ4v) is 3.35. The molecule has 7 heteroatoms. The average molecular weight is 429 g/mol. The molecule has 0 bridgehead atoms. The summed E-state index contributed by atoms with van der Waals surface area (Å²) in [5, 5.41) is 10.2. The van der Waals surface area contributed by atoms with Crippen LogP contribution in [0.4, 0.5) is 0 Å². The fourth-order valence-electron chi connectivity index (χ4n) is 3.22. The van der Waals surface area contributed by atoms with Gasteiger partial charge in [-0.1, -0.05) is 35.9 Å². The van der Waals surface area contributed by atoms with Crippen LogP contribution >= 0.6 is 11.6 Å². The van der Waals surface area contributed by atoms with Crippen LogP contribution in [0.5, 0.6) is 0 Å². The number of nitrogens with zero attached hydrogens (tertiary/aromatic N) is 1. The molecular formula is C23H29ClN4O2. The molecule has 1 amide bonds. The largest absolute Gasteiger partial charge is 0.376 e. The molecule has 2 aromatic carbocycles. The van der Waals surface area contributed by atoms with Gasteiger partial charge in [-0.15, -0.1) is 0 Å². The van der Waals surface area contributed by atoms with Crippen LogP contribution in [0.3, 0.4) is 0 Å². The van der Waals surface area contributed by atoms with Gasteiger partial charge < -0.3 is 20.7 Å². The average Bonchev–Trinajstić information content (AvgIpc) is 3.29. The maximum atomic E-state index is 12.4. The van der Waals surface area contributed by atoms with E-state index >= 15 is 0 Å². The van der Waals surface area contributed by atoms with Gasteiger partial charge in [-0.3, -0.25) is 4.79 Å². The highest BCUT2D eigenvalue weighted by Crippen LogP contribution is 2.12. The molecule has 3 N–H and O–H groups in total. The molecule has 30 heavy (non-hydrogen) atoms. The van der Waals surface area contributed by atoms with Crippen molar-refractivity contribution in [2.45, 2.75) is 39.0 Å². The van der Waals surface area contributed by atoms with Gasteiger partial charge in [-0.2, -0.15) is 0 Å². The number of carbonyl (C=O) groups excluding carboxylic acids is 1. The molecule has 0 aromatic heterocycles. The Balaban J connectivity index is 1.55. The number of rotatable bonds is 8. The highest BCUT2D eigenvalue weighted by Gasteiger charge is 2.16. The summed E-state index contributed by atoms with van der Waals surface area (Å²) in [4.78, 5) is 17.1. The minimum absolute atomic E-state index is 0.0795. The van der Waals surface area contributed by atoms with Crippen molar-refractivity contribution < 1.29 is 9.53 Å². The van der Waals surface area contributed by atoms with E-state index in [0.717, 1.165) is 48.1 Å². The number of aliphatic imine (C=N–C) groups is 1. The van der Waals surface area contributed by atoms with Gasteiger partial charge in [-0.05, 0) is 55.2 Å². The first-order valence-corrected chi connectivity index (χ1v) is 10.8. The highest BCUT2D eigenvalue weighted by molar-refractivity contribution is 6.30. The van der Waals surface area contributed by atoms with Gasteiger partial charge in [0, 0.05) is 36.8 Å². The molecule has 0 radical (unpaired) electrons. The second-order valence-electron chi connectivity index (χ2n) is 7.22. The lowest BCUT2D eigenvalue weighted by Gasteiger charge is -2.12. The molecule has 3 rings (SSSR count). The quantitative estimate of drug-likeness (QED) is 0.444. The summed E-state index contributed by atoms with van der Waals surface area (Å²) in [6, 6.07) is 15.3. The predicted molar refractivity (Wildman–Crippen MR) is 121 cm³/mol. The summed E-state index contributed by atoms with van der Waals surface area (Å²) < 4.78 is 5.56. The second-order valence-corrected chi connectivity index (χ2v) is 7.66. The van der Waals surface area contributed by atoms with Gasteiger partial charge in [0.25, 0.3) is 5.91 Å². The smallest absolute Gasteiger partial charge is 0.251 e. The Kier molecular flexibility index (Phi) is 8.53. The molecule has 1 heterocycles. The third-order valence-corrected chi connectivity index (χ3v) is 5.09. The molecule has 1 aliphatic rings. The molecule has 0 aliphatic carbocycles. The van der Waals surface area contributed by atoms with Crippen LogP contribution in [0.15, 0.2) is 53.5 Å². The van der Waals surface area contributed by atoms with Gasteiger partial charge in [0.1, 0.15) is 0 Å². The first-order valence-electron chi connectivity index (χ1n) is 10.4. The lowest BCUT2D eigenvalue weighted by atomic mass is 10.1. The van der Waals surface area contributed by atoms with Crippen molar-refractivity contribution in [1.29, 1.82) is 0 Å². The number of nitrogens with one attached hydrogen (secondary N) is 3. The van der Waals surface area contributed by atoms with E-state index in [1.165, 1.54) is 0 Å². The minimum Gasteiger partial charge on any atom is -0.376 e. The van der Waals surface area contributed by atoms with Crippen molar-refractivity contribution in [2.24, 2.45) is 4.99 Å². The number of hydrogen-bond donors (Lipinski definition) is 3. The van der Waals surface area contributed by atoms with Crippen molar-refractivity contribution in [3.63, 3.8) is 0 Å². The Morgan fingerprint density at radius 3 is 2.70 bits per heavy atom. The second kappa shape index (κ2) is 11.6. The van der Waals surface area contributed by atoms with Crippen LogP contribution in [-0.4, -0.2) is 37.7 Å². The third kappa shape index (κ3) is 7.04. The highest BCUT2D eigenvalue weighted by atomic mass is 35.5. The van der Waals surface area contributed by atoms with Crippen molar-refractivity contribution in [3.8, 4) is 0 Å². The van der Waals surface area contributed by atoms with Gasteiger partial charge in [0.2, 0.25) is 0 Å². The van der Waals surface area contributed by atoms with Gasteiger partial charge in [0.05, 0.1) is 12.6 Å². The molecule has 0 saturated carbocycles. The molecule has 0 spiro atoms. The van der Waals surface area contributed by atoms with Crippen LogP contribution in [0.25, 0.3) is 0 Å². The van der Waals surface area contributed by atoms with Crippen LogP contribution < -0.4 is 16.0 Å². The lowest BCUT2D eigenvalue weighted by molar-refractivity contribution is 0.0857. The molecule has 1 fully saturated rings. The van der Waals surface area contributed by atoms with E-state index in [-0.39, 0.29) is 12.0 Å². The Morgan fingerprint density at radius 1 is 1.13 bits per heavy atom. The Hall–Kier alpha value is -2.57. The fraction of sp³-hybridized carbons (Fsp3) is 0.391. The van der Waals surface area contributed by atoms with Crippen LogP contribution in [0.1, 0.15) is 41.3 Å². The van der Waals surface area contributed by atoms with Crippen molar-refractivity contribution in [1.82, 2.24) is 16.0 Å². The summed E-state index contributed by atoms with van der Waals surface area (Å²) in [6.07, 6.45) is 2.20. The zero-order valence-corrected chi connectivity index (χ0v) is 18.0. The van der Waals surface area contributed by atoms with E-state index in [0.29, 0.717) is 25.2 Å². The van der Waals surface area contributed by atoms with Gasteiger partial charge in [-0.25, -0.2) is 4.99 Å². The third-order valence-electron chi connectivity index (χ3n) is 4.84. The molecule has 1 aliphatic heterocycles. The van der Waals surface area contributed by atoms with Gasteiger partial charge in [0.15, 0.2) is 5.96 Å². The first-order chi connectivity index (χ1) is 14.6. The molecule has 160 valence electrons. The van der Waals surface area contributed by atoms with Crippen LogP contribution in [-0.2, 0) is 17.8 Å². The van der Waals surface area contributed by atoms with E-state index < -0.39 is 0 Å². The SMILES string of the molecule is CCNC(=NCc1cccc(C(=O)NCC2CCCO2)c1)NCc1ccc(Cl)cc1. The normalized spacial score (nSPS) is 16.3. The molecule has 1 atom stereocenters. The molecule has 1 unspecified atom stereocenters. The first kappa shape index (κ1) is 22.1.